The minimum atomic E-state index is -1.18. The van der Waals surface area contributed by atoms with E-state index >= 15 is 0 Å². The largest absolute Gasteiger partial charge is 0.478 e. The summed E-state index contributed by atoms with van der Waals surface area (Å²) in [5.41, 5.74) is -0.928. The van der Waals surface area contributed by atoms with Crippen molar-refractivity contribution in [1.29, 1.82) is 0 Å². The minimum Gasteiger partial charge on any atom is -0.478 e. The van der Waals surface area contributed by atoms with Gasteiger partial charge in [-0.2, -0.15) is 0 Å². The number of rotatable bonds is 4. The van der Waals surface area contributed by atoms with Crippen LogP contribution in [-0.2, 0) is 5.54 Å². The molecule has 104 valence electrons. The number of carbonyl (C=O) groups excluding carboxylic acids is 1. The maximum atomic E-state index is 12.2. The van der Waals surface area contributed by atoms with Gasteiger partial charge in [-0.1, -0.05) is 0 Å². The first-order chi connectivity index (χ1) is 9.42. The quantitative estimate of drug-likeness (QED) is 0.897. The molecule has 0 spiro atoms. The molecule has 0 saturated heterocycles. The van der Waals surface area contributed by atoms with E-state index in [-0.39, 0.29) is 11.3 Å². The third-order valence-corrected chi connectivity index (χ3v) is 3.74. The average Bonchev–Trinajstić information content (AvgIpc) is 2.92. The van der Waals surface area contributed by atoms with Crippen LogP contribution in [0.15, 0.2) is 29.9 Å². The summed E-state index contributed by atoms with van der Waals surface area (Å²) in [4.78, 5) is 31.3. The maximum Gasteiger partial charge on any atom is 0.338 e. The number of aromatic nitrogens is 2. The van der Waals surface area contributed by atoms with E-state index in [9.17, 15) is 9.59 Å². The number of carboxylic acids is 1. The lowest BCUT2D eigenvalue weighted by molar-refractivity contribution is 0.0688. The van der Waals surface area contributed by atoms with Gasteiger partial charge in [-0.3, -0.25) is 9.78 Å². The predicted molar refractivity (Wildman–Crippen MR) is 73.8 cm³/mol. The second-order valence-corrected chi connectivity index (χ2v) is 5.52. The van der Waals surface area contributed by atoms with Crippen LogP contribution in [0, 0.1) is 0 Å². The first kappa shape index (κ1) is 14.1. The Morgan fingerprint density at radius 2 is 2.05 bits per heavy atom. The summed E-state index contributed by atoms with van der Waals surface area (Å²) in [7, 11) is 0. The molecule has 1 amide bonds. The Labute approximate surface area is 119 Å². The van der Waals surface area contributed by atoms with Crippen molar-refractivity contribution >= 4 is 23.2 Å². The lowest BCUT2D eigenvalue weighted by atomic mass is 10.1. The van der Waals surface area contributed by atoms with Gasteiger partial charge in [-0.05, 0) is 26.0 Å². The van der Waals surface area contributed by atoms with Crippen LogP contribution in [-0.4, -0.2) is 27.0 Å². The zero-order valence-electron chi connectivity index (χ0n) is 11.0. The summed E-state index contributed by atoms with van der Waals surface area (Å²) in [5.74, 6) is -1.72. The van der Waals surface area contributed by atoms with Gasteiger partial charge in [-0.25, -0.2) is 9.78 Å². The highest BCUT2D eigenvalue weighted by molar-refractivity contribution is 7.09. The highest BCUT2D eigenvalue weighted by Crippen LogP contribution is 2.22. The normalized spacial score (nSPS) is 11.1. The molecule has 7 heteroatoms. The fourth-order valence-corrected chi connectivity index (χ4v) is 2.41. The smallest absolute Gasteiger partial charge is 0.338 e. The number of pyridine rings is 1. The van der Waals surface area contributed by atoms with E-state index in [1.165, 1.54) is 29.7 Å². The van der Waals surface area contributed by atoms with Crippen molar-refractivity contribution < 1.29 is 14.7 Å². The van der Waals surface area contributed by atoms with Gasteiger partial charge >= 0.3 is 5.97 Å². The molecule has 0 saturated carbocycles. The Morgan fingerprint density at radius 3 is 2.65 bits per heavy atom. The van der Waals surface area contributed by atoms with Crippen LogP contribution in [0.1, 0.15) is 39.7 Å². The predicted octanol–water partition coefficient (Wildman–Crippen LogP) is 1.90. The molecule has 0 aromatic carbocycles. The number of hydrogen-bond donors (Lipinski definition) is 2. The number of amides is 1. The van der Waals surface area contributed by atoms with Gasteiger partial charge in [0.15, 0.2) is 0 Å². The molecule has 0 aliphatic rings. The third kappa shape index (κ3) is 2.83. The second-order valence-electron chi connectivity index (χ2n) is 4.62. The number of hydrogen-bond acceptors (Lipinski definition) is 5. The third-order valence-electron chi connectivity index (χ3n) is 2.65. The standard InChI is InChI=1S/C13H13N3O3S/c1-13(2,12-15-6-7-20-12)16-10(17)9-8(11(18)19)4-3-5-14-9/h3-7H,1-2H3,(H,16,17)(H,18,19). The first-order valence-corrected chi connectivity index (χ1v) is 6.70. The van der Waals surface area contributed by atoms with Crippen molar-refractivity contribution in [3.8, 4) is 0 Å². The van der Waals surface area contributed by atoms with Crippen LogP contribution in [0.25, 0.3) is 0 Å². The molecule has 2 heterocycles. The molecule has 0 aliphatic carbocycles. The van der Waals surface area contributed by atoms with Crippen molar-refractivity contribution in [3.63, 3.8) is 0 Å². The van der Waals surface area contributed by atoms with Crippen LogP contribution < -0.4 is 5.32 Å². The topological polar surface area (TPSA) is 92.2 Å². The number of nitrogens with zero attached hydrogens (tertiary/aromatic N) is 2. The molecule has 0 radical (unpaired) electrons. The number of carbonyl (C=O) groups is 2. The molecule has 0 unspecified atom stereocenters. The molecular formula is C13H13N3O3S. The SMILES string of the molecule is CC(C)(NC(=O)c1ncccc1C(=O)O)c1nccs1. The monoisotopic (exact) mass is 291 g/mol. The van der Waals surface area contributed by atoms with Crippen LogP contribution >= 0.6 is 11.3 Å². The van der Waals surface area contributed by atoms with Crippen molar-refractivity contribution in [2.24, 2.45) is 0 Å². The molecule has 0 aliphatic heterocycles. The number of thiazole rings is 1. The Kier molecular flexibility index (Phi) is 3.80. The summed E-state index contributed by atoms with van der Waals surface area (Å²) in [5, 5.41) is 14.4. The molecule has 2 rings (SSSR count). The Balaban J connectivity index is 2.27. The van der Waals surface area contributed by atoms with E-state index in [4.69, 9.17) is 5.11 Å². The van der Waals surface area contributed by atoms with Crippen molar-refractivity contribution in [1.82, 2.24) is 15.3 Å². The van der Waals surface area contributed by atoms with Gasteiger partial charge in [0.1, 0.15) is 10.7 Å². The summed E-state index contributed by atoms with van der Waals surface area (Å²) in [6, 6.07) is 2.83. The van der Waals surface area contributed by atoms with E-state index in [0.29, 0.717) is 0 Å². The van der Waals surface area contributed by atoms with E-state index in [1.807, 2.05) is 5.38 Å². The Morgan fingerprint density at radius 1 is 1.30 bits per heavy atom. The summed E-state index contributed by atoms with van der Waals surface area (Å²) < 4.78 is 0. The summed E-state index contributed by atoms with van der Waals surface area (Å²) in [6.07, 6.45) is 3.04. The van der Waals surface area contributed by atoms with E-state index in [0.717, 1.165) is 5.01 Å². The molecule has 6 nitrogen and oxygen atoms in total. The number of carboxylic acid groups (broad SMARTS) is 1. The minimum absolute atomic E-state index is 0.107. The molecule has 2 aromatic rings. The molecule has 0 atom stereocenters. The number of aromatic carboxylic acids is 1. The summed E-state index contributed by atoms with van der Waals surface area (Å²) in [6.45, 7) is 3.60. The summed E-state index contributed by atoms with van der Waals surface area (Å²) >= 11 is 1.41. The Hall–Kier alpha value is -2.28. The highest BCUT2D eigenvalue weighted by atomic mass is 32.1. The molecular weight excluding hydrogens is 278 g/mol. The van der Waals surface area contributed by atoms with Gasteiger partial charge in [-0.15, -0.1) is 11.3 Å². The molecule has 0 bridgehead atoms. The Bertz CT molecular complexity index is 638. The van der Waals surface area contributed by atoms with Crippen LogP contribution in [0.3, 0.4) is 0 Å². The molecule has 20 heavy (non-hydrogen) atoms. The van der Waals surface area contributed by atoms with Gasteiger partial charge in [0.05, 0.1) is 11.1 Å². The fraction of sp³-hybridized carbons (Fsp3) is 0.231. The zero-order valence-corrected chi connectivity index (χ0v) is 11.8. The van der Waals surface area contributed by atoms with E-state index in [1.54, 1.807) is 20.0 Å². The van der Waals surface area contributed by atoms with Crippen LogP contribution in [0.4, 0.5) is 0 Å². The van der Waals surface area contributed by atoms with Crippen molar-refractivity contribution in [2.45, 2.75) is 19.4 Å². The molecule has 2 aromatic heterocycles. The number of nitrogens with one attached hydrogen (secondary N) is 1. The molecule has 0 fully saturated rings. The lowest BCUT2D eigenvalue weighted by Crippen LogP contribution is -2.41. The zero-order chi connectivity index (χ0) is 14.8. The van der Waals surface area contributed by atoms with Crippen LogP contribution in [0.2, 0.25) is 0 Å². The van der Waals surface area contributed by atoms with Crippen LogP contribution in [0.5, 0.6) is 0 Å². The van der Waals surface area contributed by atoms with Gasteiger partial charge in [0, 0.05) is 17.8 Å². The van der Waals surface area contributed by atoms with Crippen molar-refractivity contribution in [2.75, 3.05) is 0 Å². The van der Waals surface area contributed by atoms with Gasteiger partial charge in [0.25, 0.3) is 5.91 Å². The van der Waals surface area contributed by atoms with E-state index < -0.39 is 17.4 Å². The lowest BCUT2D eigenvalue weighted by Gasteiger charge is -2.23. The second kappa shape index (κ2) is 5.38. The average molecular weight is 291 g/mol. The van der Waals surface area contributed by atoms with Crippen molar-refractivity contribution in [3.05, 3.63) is 46.2 Å². The first-order valence-electron chi connectivity index (χ1n) is 5.82. The van der Waals surface area contributed by atoms with E-state index in [2.05, 4.69) is 15.3 Å². The van der Waals surface area contributed by atoms with Gasteiger partial charge < -0.3 is 10.4 Å². The highest BCUT2D eigenvalue weighted by Gasteiger charge is 2.28. The fourth-order valence-electron chi connectivity index (χ4n) is 1.69. The molecule has 2 N–H and O–H groups in total. The maximum absolute atomic E-state index is 12.2. The van der Waals surface area contributed by atoms with Gasteiger partial charge in [0.2, 0.25) is 0 Å².